The lowest BCUT2D eigenvalue weighted by Crippen LogP contribution is -2.48. The van der Waals surface area contributed by atoms with Crippen molar-refractivity contribution in [3.63, 3.8) is 0 Å². The largest absolute Gasteiger partial charge is 0.365 e. The van der Waals surface area contributed by atoms with Crippen molar-refractivity contribution in [2.24, 2.45) is 0 Å². The zero-order valence-electron chi connectivity index (χ0n) is 10.5. The summed E-state index contributed by atoms with van der Waals surface area (Å²) < 4.78 is 6.23. The van der Waals surface area contributed by atoms with Crippen LogP contribution in [0.5, 0.6) is 0 Å². The average molecular weight is 254 g/mol. The van der Waals surface area contributed by atoms with E-state index in [0.717, 1.165) is 31.0 Å². The van der Waals surface area contributed by atoms with E-state index in [4.69, 9.17) is 16.3 Å². The third-order valence-electron chi connectivity index (χ3n) is 3.28. The molecule has 0 aliphatic carbocycles. The van der Waals surface area contributed by atoms with E-state index in [1.54, 1.807) is 0 Å². The molecule has 2 unspecified atom stereocenters. The first-order chi connectivity index (χ1) is 8.13. The van der Waals surface area contributed by atoms with Crippen molar-refractivity contribution >= 4 is 11.6 Å². The molecular weight excluding hydrogens is 234 g/mol. The number of hydrogen-bond acceptors (Lipinski definition) is 2. The highest BCUT2D eigenvalue weighted by molar-refractivity contribution is 6.30. The summed E-state index contributed by atoms with van der Waals surface area (Å²) in [6, 6.07) is 7.94. The van der Waals surface area contributed by atoms with Crippen molar-refractivity contribution < 1.29 is 4.74 Å². The normalized spacial score (nSPS) is 29.2. The van der Waals surface area contributed by atoms with E-state index in [1.165, 1.54) is 5.56 Å². The zero-order valence-corrected chi connectivity index (χ0v) is 11.3. The lowest BCUT2D eigenvalue weighted by atomic mass is 9.96. The Bertz CT molecular complexity index is 361. The molecule has 94 valence electrons. The molecule has 1 saturated heterocycles. The molecule has 3 heteroatoms. The second kappa shape index (κ2) is 5.38. The van der Waals surface area contributed by atoms with Crippen molar-refractivity contribution in [3.05, 3.63) is 34.9 Å². The van der Waals surface area contributed by atoms with E-state index < -0.39 is 0 Å². The third-order valence-corrected chi connectivity index (χ3v) is 3.53. The Morgan fingerprint density at radius 2 is 2.12 bits per heavy atom. The van der Waals surface area contributed by atoms with Crippen LogP contribution >= 0.6 is 11.6 Å². The molecule has 1 aliphatic rings. The minimum Gasteiger partial charge on any atom is -0.365 e. The summed E-state index contributed by atoms with van der Waals surface area (Å²) in [6.45, 7) is 6.19. The predicted molar refractivity (Wildman–Crippen MR) is 71.5 cm³/mol. The molecule has 1 aromatic carbocycles. The van der Waals surface area contributed by atoms with Crippen molar-refractivity contribution in [2.45, 2.75) is 38.4 Å². The summed E-state index contributed by atoms with van der Waals surface area (Å²) in [7, 11) is 0. The van der Waals surface area contributed by atoms with Gasteiger partial charge in [-0.2, -0.15) is 0 Å². The predicted octanol–water partition coefficient (Wildman–Crippen LogP) is 3.56. The van der Waals surface area contributed by atoms with Crippen LogP contribution in [-0.4, -0.2) is 18.7 Å². The Kier molecular flexibility index (Phi) is 4.08. The van der Waals surface area contributed by atoms with Gasteiger partial charge in [0.15, 0.2) is 0 Å². The van der Waals surface area contributed by atoms with Crippen LogP contribution in [0.1, 0.15) is 38.4 Å². The maximum absolute atomic E-state index is 6.23. The van der Waals surface area contributed by atoms with Crippen LogP contribution in [0.25, 0.3) is 0 Å². The molecular formula is C14H20ClNO. The van der Waals surface area contributed by atoms with Gasteiger partial charge in [-0.05, 0) is 31.0 Å². The number of ether oxygens (including phenoxy) is 1. The molecule has 1 fully saturated rings. The van der Waals surface area contributed by atoms with Crippen molar-refractivity contribution in [3.8, 4) is 0 Å². The summed E-state index contributed by atoms with van der Waals surface area (Å²) >= 11 is 5.90. The Labute approximate surface area is 108 Å². The highest BCUT2D eigenvalue weighted by atomic mass is 35.5. The smallest absolute Gasteiger partial charge is 0.0957 e. The second-order valence-corrected chi connectivity index (χ2v) is 5.43. The molecule has 1 aliphatic heterocycles. The number of nitrogens with one attached hydrogen (secondary N) is 1. The van der Waals surface area contributed by atoms with E-state index in [2.05, 4.69) is 19.2 Å². The summed E-state index contributed by atoms with van der Waals surface area (Å²) in [5.41, 5.74) is 1.15. The first kappa shape index (κ1) is 12.9. The summed E-state index contributed by atoms with van der Waals surface area (Å²) in [6.07, 6.45) is 2.37. The molecule has 1 N–H and O–H groups in total. The van der Waals surface area contributed by atoms with Gasteiger partial charge in [-0.1, -0.05) is 37.1 Å². The maximum atomic E-state index is 6.23. The summed E-state index contributed by atoms with van der Waals surface area (Å²) in [4.78, 5) is 0. The fourth-order valence-electron chi connectivity index (χ4n) is 2.43. The number of benzene rings is 1. The summed E-state index contributed by atoms with van der Waals surface area (Å²) in [5.74, 6) is 0. The van der Waals surface area contributed by atoms with Gasteiger partial charge in [0.2, 0.25) is 0 Å². The van der Waals surface area contributed by atoms with Gasteiger partial charge in [0.1, 0.15) is 0 Å². The molecule has 17 heavy (non-hydrogen) atoms. The number of halogens is 1. The van der Waals surface area contributed by atoms with E-state index >= 15 is 0 Å². The molecule has 1 aromatic rings. The van der Waals surface area contributed by atoms with Crippen molar-refractivity contribution in [1.82, 2.24) is 5.32 Å². The fraction of sp³-hybridized carbons (Fsp3) is 0.571. The Balaban J connectivity index is 2.09. The lowest BCUT2D eigenvalue weighted by molar-refractivity contribution is -0.112. The van der Waals surface area contributed by atoms with E-state index in [-0.39, 0.29) is 11.7 Å². The quantitative estimate of drug-likeness (QED) is 0.889. The zero-order chi connectivity index (χ0) is 12.3. The van der Waals surface area contributed by atoms with Gasteiger partial charge in [-0.25, -0.2) is 0 Å². The minimum absolute atomic E-state index is 0.0443. The summed E-state index contributed by atoms with van der Waals surface area (Å²) in [5, 5.41) is 4.24. The van der Waals surface area contributed by atoms with Gasteiger partial charge >= 0.3 is 0 Å². The van der Waals surface area contributed by atoms with Crippen LogP contribution in [0.15, 0.2) is 24.3 Å². The molecule has 1 heterocycles. The monoisotopic (exact) mass is 253 g/mol. The van der Waals surface area contributed by atoms with Gasteiger partial charge in [-0.15, -0.1) is 0 Å². The number of rotatable bonds is 3. The molecule has 0 radical (unpaired) electrons. The van der Waals surface area contributed by atoms with Crippen LogP contribution in [0.3, 0.4) is 0 Å². The number of morpholine rings is 1. The minimum atomic E-state index is -0.0443. The lowest BCUT2D eigenvalue weighted by Gasteiger charge is -2.39. The van der Waals surface area contributed by atoms with Crippen LogP contribution in [0, 0.1) is 0 Å². The van der Waals surface area contributed by atoms with E-state index in [0.29, 0.717) is 0 Å². The topological polar surface area (TPSA) is 21.3 Å². The molecule has 2 rings (SSSR count). The molecule has 0 spiro atoms. The molecule has 0 amide bonds. The van der Waals surface area contributed by atoms with Gasteiger partial charge in [-0.3, -0.25) is 0 Å². The molecule has 2 nitrogen and oxygen atoms in total. The van der Waals surface area contributed by atoms with Gasteiger partial charge in [0, 0.05) is 18.1 Å². The third kappa shape index (κ3) is 3.21. The number of hydrogen-bond donors (Lipinski definition) is 1. The van der Waals surface area contributed by atoms with Gasteiger partial charge < -0.3 is 10.1 Å². The molecule has 2 atom stereocenters. The molecule has 0 bridgehead atoms. The van der Waals surface area contributed by atoms with E-state index in [9.17, 15) is 0 Å². The Morgan fingerprint density at radius 3 is 2.76 bits per heavy atom. The molecule has 0 saturated carbocycles. The van der Waals surface area contributed by atoms with Crippen LogP contribution in [-0.2, 0) is 4.74 Å². The van der Waals surface area contributed by atoms with Gasteiger partial charge in [0.25, 0.3) is 0 Å². The van der Waals surface area contributed by atoms with Gasteiger partial charge in [0.05, 0.1) is 11.7 Å². The van der Waals surface area contributed by atoms with Crippen LogP contribution < -0.4 is 5.32 Å². The first-order valence-electron chi connectivity index (χ1n) is 6.27. The second-order valence-electron chi connectivity index (χ2n) is 4.99. The molecule has 0 aromatic heterocycles. The van der Waals surface area contributed by atoms with Crippen LogP contribution in [0.2, 0.25) is 5.02 Å². The van der Waals surface area contributed by atoms with Crippen LogP contribution in [0.4, 0.5) is 0 Å². The SMILES string of the molecule is CCCC1(C)CNCC(c2ccc(Cl)cc2)O1. The Morgan fingerprint density at radius 1 is 1.41 bits per heavy atom. The average Bonchev–Trinajstić information content (AvgIpc) is 2.30. The highest BCUT2D eigenvalue weighted by Gasteiger charge is 2.32. The fourth-order valence-corrected chi connectivity index (χ4v) is 2.56. The standard InChI is InChI=1S/C14H20ClNO/c1-3-8-14(2)10-16-9-13(17-14)11-4-6-12(15)7-5-11/h4-7,13,16H,3,8-10H2,1-2H3. The van der Waals surface area contributed by atoms with Crippen molar-refractivity contribution in [2.75, 3.05) is 13.1 Å². The first-order valence-corrected chi connectivity index (χ1v) is 6.65. The van der Waals surface area contributed by atoms with E-state index in [1.807, 2.05) is 24.3 Å². The van der Waals surface area contributed by atoms with Crippen molar-refractivity contribution in [1.29, 1.82) is 0 Å². The maximum Gasteiger partial charge on any atom is 0.0957 e. The highest BCUT2D eigenvalue weighted by Crippen LogP contribution is 2.30. The Hall–Kier alpha value is -0.570.